The summed E-state index contributed by atoms with van der Waals surface area (Å²) in [6.45, 7) is 5.71. The van der Waals surface area contributed by atoms with Gasteiger partial charge < -0.3 is 14.6 Å². The number of rotatable bonds is 9. The second kappa shape index (κ2) is 8.60. The fraction of sp³-hybridized carbons (Fsp3) is 0.471. The zero-order chi connectivity index (χ0) is 14.9. The molecule has 4 heteroatoms. The Labute approximate surface area is 127 Å². The number of ether oxygens (including phenoxy) is 1. The molecule has 0 saturated carbocycles. The Morgan fingerprint density at radius 1 is 1.29 bits per heavy atom. The Balaban J connectivity index is 1.82. The molecule has 0 radical (unpaired) electrons. The van der Waals surface area contributed by atoms with Crippen LogP contribution in [0.4, 0.5) is 0 Å². The number of benzene rings is 1. The topological polar surface area (TPSA) is 39.1 Å². The summed E-state index contributed by atoms with van der Waals surface area (Å²) < 4.78 is 7.27. The van der Waals surface area contributed by atoms with Crippen molar-refractivity contribution in [3.8, 4) is 0 Å². The number of aryl methyl sites for hydroxylation is 1. The number of nitrogens with zero attached hydrogens (tertiary/aromatic N) is 2. The zero-order valence-electron chi connectivity index (χ0n) is 13.0. The highest BCUT2D eigenvalue weighted by molar-refractivity contribution is 5.18. The molecule has 2 aromatic rings. The molecule has 114 valence electrons. The lowest BCUT2D eigenvalue weighted by atomic mass is 9.98. The fourth-order valence-corrected chi connectivity index (χ4v) is 2.37. The number of aromatic nitrogens is 2. The van der Waals surface area contributed by atoms with Crippen molar-refractivity contribution < 1.29 is 4.74 Å². The van der Waals surface area contributed by atoms with Crippen LogP contribution in [0.25, 0.3) is 0 Å². The van der Waals surface area contributed by atoms with Crippen molar-refractivity contribution in [2.75, 3.05) is 20.3 Å². The predicted molar refractivity (Wildman–Crippen MR) is 85.3 cm³/mol. The third kappa shape index (κ3) is 4.99. The van der Waals surface area contributed by atoms with Crippen LogP contribution in [0.1, 0.15) is 30.5 Å². The maximum atomic E-state index is 5.03. The average molecular weight is 287 g/mol. The molecule has 1 N–H and O–H groups in total. The van der Waals surface area contributed by atoms with Gasteiger partial charge in [0.2, 0.25) is 0 Å². The molecule has 2 rings (SSSR count). The zero-order valence-corrected chi connectivity index (χ0v) is 13.0. The van der Waals surface area contributed by atoms with Gasteiger partial charge in [0.05, 0.1) is 18.6 Å². The monoisotopic (exact) mass is 287 g/mol. The Hall–Kier alpha value is -1.65. The standard InChI is InChI=1S/C17H25N3O/c1-15(16-6-4-3-5-7-16)8-10-20-14-19-13-17(20)12-18-9-11-21-2/h3-7,13-15,18H,8-12H2,1-2H3. The molecule has 1 aromatic heterocycles. The van der Waals surface area contributed by atoms with E-state index < -0.39 is 0 Å². The number of nitrogens with one attached hydrogen (secondary N) is 1. The van der Waals surface area contributed by atoms with Crippen LogP contribution in [0.3, 0.4) is 0 Å². The molecule has 0 aliphatic heterocycles. The summed E-state index contributed by atoms with van der Waals surface area (Å²) in [7, 11) is 1.72. The Morgan fingerprint density at radius 3 is 2.86 bits per heavy atom. The van der Waals surface area contributed by atoms with Gasteiger partial charge in [-0.3, -0.25) is 0 Å². The molecule has 0 bridgehead atoms. The second-order valence-corrected chi connectivity index (χ2v) is 5.35. The van der Waals surface area contributed by atoms with Crippen LogP contribution >= 0.6 is 0 Å². The Bertz CT molecular complexity index is 510. The first-order valence-corrected chi connectivity index (χ1v) is 7.55. The van der Waals surface area contributed by atoms with Crippen molar-refractivity contribution in [3.63, 3.8) is 0 Å². The number of methoxy groups -OCH3 is 1. The summed E-state index contributed by atoms with van der Waals surface area (Å²) in [5.74, 6) is 0.558. The molecule has 4 nitrogen and oxygen atoms in total. The SMILES string of the molecule is COCCNCc1cncn1CCC(C)c1ccccc1. The fourth-order valence-electron chi connectivity index (χ4n) is 2.37. The second-order valence-electron chi connectivity index (χ2n) is 5.35. The van der Waals surface area contributed by atoms with Crippen molar-refractivity contribution in [2.24, 2.45) is 0 Å². The van der Waals surface area contributed by atoms with E-state index in [4.69, 9.17) is 4.74 Å². The molecule has 1 unspecified atom stereocenters. The van der Waals surface area contributed by atoms with E-state index in [0.717, 1.165) is 32.7 Å². The smallest absolute Gasteiger partial charge is 0.0948 e. The van der Waals surface area contributed by atoms with Crippen LogP contribution < -0.4 is 5.32 Å². The quantitative estimate of drug-likeness (QED) is 0.721. The Kier molecular flexibility index (Phi) is 6.44. The van der Waals surface area contributed by atoms with Gasteiger partial charge in [-0.1, -0.05) is 37.3 Å². The molecule has 1 heterocycles. The van der Waals surface area contributed by atoms with Crippen molar-refractivity contribution in [1.82, 2.24) is 14.9 Å². The highest BCUT2D eigenvalue weighted by Crippen LogP contribution is 2.19. The molecule has 1 atom stereocenters. The third-order valence-electron chi connectivity index (χ3n) is 3.76. The molecule has 0 spiro atoms. The van der Waals surface area contributed by atoms with Crippen LogP contribution in [-0.4, -0.2) is 29.8 Å². The minimum atomic E-state index is 0.558. The molecular weight excluding hydrogens is 262 g/mol. The van der Waals surface area contributed by atoms with Gasteiger partial charge in [0.1, 0.15) is 0 Å². The van der Waals surface area contributed by atoms with Crippen LogP contribution in [0, 0.1) is 0 Å². The lowest BCUT2D eigenvalue weighted by molar-refractivity contribution is 0.199. The van der Waals surface area contributed by atoms with E-state index in [9.17, 15) is 0 Å². The summed E-state index contributed by atoms with van der Waals surface area (Å²) in [5, 5.41) is 3.36. The van der Waals surface area contributed by atoms with Gasteiger partial charge in [-0.15, -0.1) is 0 Å². The highest BCUT2D eigenvalue weighted by Gasteiger charge is 2.07. The van der Waals surface area contributed by atoms with Crippen molar-refractivity contribution in [1.29, 1.82) is 0 Å². The number of hydrogen-bond donors (Lipinski definition) is 1. The highest BCUT2D eigenvalue weighted by atomic mass is 16.5. The average Bonchev–Trinajstić information content (AvgIpc) is 2.97. The Morgan fingerprint density at radius 2 is 2.10 bits per heavy atom. The van der Waals surface area contributed by atoms with E-state index in [-0.39, 0.29) is 0 Å². The van der Waals surface area contributed by atoms with E-state index in [1.165, 1.54) is 11.3 Å². The molecule has 0 aliphatic rings. The molecular formula is C17H25N3O. The first kappa shape index (κ1) is 15.7. The molecule has 0 aliphatic carbocycles. The van der Waals surface area contributed by atoms with E-state index in [1.807, 2.05) is 12.5 Å². The molecule has 0 fully saturated rings. The lowest BCUT2D eigenvalue weighted by Crippen LogP contribution is -2.20. The maximum Gasteiger partial charge on any atom is 0.0948 e. The van der Waals surface area contributed by atoms with Gasteiger partial charge >= 0.3 is 0 Å². The number of imidazole rings is 1. The normalized spacial score (nSPS) is 12.5. The summed E-state index contributed by atoms with van der Waals surface area (Å²) in [5.41, 5.74) is 2.63. The molecule has 0 saturated heterocycles. The minimum absolute atomic E-state index is 0.558. The molecule has 1 aromatic carbocycles. The first-order chi connectivity index (χ1) is 10.3. The third-order valence-corrected chi connectivity index (χ3v) is 3.76. The van der Waals surface area contributed by atoms with Crippen molar-refractivity contribution in [3.05, 3.63) is 54.1 Å². The minimum Gasteiger partial charge on any atom is -0.383 e. The summed E-state index contributed by atoms with van der Waals surface area (Å²) in [6.07, 6.45) is 4.98. The molecule has 0 amide bonds. The van der Waals surface area contributed by atoms with E-state index in [2.05, 4.69) is 52.1 Å². The van der Waals surface area contributed by atoms with Gasteiger partial charge in [0.15, 0.2) is 0 Å². The summed E-state index contributed by atoms with van der Waals surface area (Å²) in [4.78, 5) is 4.26. The van der Waals surface area contributed by atoms with Gasteiger partial charge in [-0.25, -0.2) is 4.98 Å². The predicted octanol–water partition coefficient (Wildman–Crippen LogP) is 2.81. The maximum absolute atomic E-state index is 5.03. The lowest BCUT2D eigenvalue weighted by Gasteiger charge is -2.14. The van der Waals surface area contributed by atoms with E-state index in [0.29, 0.717) is 5.92 Å². The van der Waals surface area contributed by atoms with Gasteiger partial charge in [-0.2, -0.15) is 0 Å². The largest absolute Gasteiger partial charge is 0.383 e. The number of hydrogen-bond acceptors (Lipinski definition) is 3. The van der Waals surface area contributed by atoms with Gasteiger partial charge in [-0.05, 0) is 17.9 Å². The van der Waals surface area contributed by atoms with Gasteiger partial charge in [0, 0.05) is 32.9 Å². The van der Waals surface area contributed by atoms with Crippen molar-refractivity contribution in [2.45, 2.75) is 32.4 Å². The van der Waals surface area contributed by atoms with Crippen LogP contribution in [0.5, 0.6) is 0 Å². The summed E-state index contributed by atoms with van der Waals surface area (Å²) >= 11 is 0. The van der Waals surface area contributed by atoms with Gasteiger partial charge in [0.25, 0.3) is 0 Å². The summed E-state index contributed by atoms with van der Waals surface area (Å²) in [6, 6.07) is 10.7. The van der Waals surface area contributed by atoms with Crippen LogP contribution in [0.15, 0.2) is 42.9 Å². The van der Waals surface area contributed by atoms with Crippen molar-refractivity contribution >= 4 is 0 Å². The van der Waals surface area contributed by atoms with E-state index >= 15 is 0 Å². The first-order valence-electron chi connectivity index (χ1n) is 7.55. The van der Waals surface area contributed by atoms with Crippen LogP contribution in [0.2, 0.25) is 0 Å². The molecule has 21 heavy (non-hydrogen) atoms. The van der Waals surface area contributed by atoms with Crippen LogP contribution in [-0.2, 0) is 17.8 Å². The van der Waals surface area contributed by atoms with E-state index in [1.54, 1.807) is 7.11 Å².